The first-order chi connectivity index (χ1) is 17.4. The number of hydrogen-bond donors (Lipinski definition) is 1. The smallest absolute Gasteiger partial charge is 0.253 e. The molecular formula is C32H37N3O. The molecule has 4 heteroatoms. The minimum atomic E-state index is 0.0781. The highest BCUT2D eigenvalue weighted by Gasteiger charge is 2.20. The van der Waals surface area contributed by atoms with Gasteiger partial charge in [-0.1, -0.05) is 61.5 Å². The normalized spacial score (nSPS) is 12.0. The fourth-order valence-electron chi connectivity index (χ4n) is 4.73. The van der Waals surface area contributed by atoms with Gasteiger partial charge in [0, 0.05) is 29.7 Å². The quantitative estimate of drug-likeness (QED) is 0.298. The van der Waals surface area contributed by atoms with Crippen molar-refractivity contribution in [1.82, 2.24) is 9.88 Å². The molecule has 1 unspecified atom stereocenters. The zero-order valence-electron chi connectivity index (χ0n) is 21.7. The Labute approximate surface area is 215 Å². The molecule has 36 heavy (non-hydrogen) atoms. The SMILES string of the molecule is Cc1ccc(C(=O)N(CCCN)CC(C)Cc2nc3ccccc3cc2Cc2ccccc2)cc1C. The largest absolute Gasteiger partial charge is 0.338 e. The van der Waals surface area contributed by atoms with Gasteiger partial charge in [0.15, 0.2) is 0 Å². The summed E-state index contributed by atoms with van der Waals surface area (Å²) in [5.41, 5.74) is 13.5. The van der Waals surface area contributed by atoms with Crippen LogP contribution in [0.15, 0.2) is 78.9 Å². The van der Waals surface area contributed by atoms with Gasteiger partial charge in [0.1, 0.15) is 0 Å². The van der Waals surface area contributed by atoms with E-state index in [0.29, 0.717) is 19.6 Å². The van der Waals surface area contributed by atoms with E-state index in [-0.39, 0.29) is 11.8 Å². The molecule has 1 aromatic heterocycles. The third-order valence-corrected chi connectivity index (χ3v) is 6.88. The Morgan fingerprint density at radius 3 is 2.44 bits per heavy atom. The highest BCUT2D eigenvalue weighted by atomic mass is 16.2. The standard InChI is InChI=1S/C32H37N3O/c1-23(22-35(17-9-16-33)32(36)28-15-14-24(2)25(3)19-28)18-31-29(20-26-10-5-4-6-11-26)21-27-12-7-8-13-30(27)34-31/h4-8,10-15,19,21,23H,9,16-18,20,22,33H2,1-3H3. The first-order valence-corrected chi connectivity index (χ1v) is 12.9. The molecule has 1 heterocycles. The highest BCUT2D eigenvalue weighted by Crippen LogP contribution is 2.23. The maximum atomic E-state index is 13.5. The summed E-state index contributed by atoms with van der Waals surface area (Å²) in [6, 6.07) is 27.1. The predicted molar refractivity (Wildman–Crippen MR) is 149 cm³/mol. The van der Waals surface area contributed by atoms with Crippen LogP contribution in [0.1, 0.15) is 51.7 Å². The van der Waals surface area contributed by atoms with Crippen molar-refractivity contribution in [2.75, 3.05) is 19.6 Å². The van der Waals surface area contributed by atoms with Crippen molar-refractivity contribution in [3.05, 3.63) is 112 Å². The Bertz CT molecular complexity index is 1320. The fourth-order valence-corrected chi connectivity index (χ4v) is 4.73. The van der Waals surface area contributed by atoms with Crippen molar-refractivity contribution >= 4 is 16.8 Å². The van der Waals surface area contributed by atoms with Gasteiger partial charge >= 0.3 is 0 Å². The molecule has 0 spiro atoms. The lowest BCUT2D eigenvalue weighted by Gasteiger charge is -2.27. The van der Waals surface area contributed by atoms with E-state index in [4.69, 9.17) is 10.7 Å². The van der Waals surface area contributed by atoms with Gasteiger partial charge in [-0.05, 0) is 92.1 Å². The number of hydrogen-bond acceptors (Lipinski definition) is 3. The van der Waals surface area contributed by atoms with Gasteiger partial charge in [0.05, 0.1) is 5.52 Å². The average molecular weight is 480 g/mol. The Kier molecular flexibility index (Phi) is 8.50. The van der Waals surface area contributed by atoms with Crippen LogP contribution in [-0.2, 0) is 12.8 Å². The Morgan fingerprint density at radius 1 is 0.944 bits per heavy atom. The monoisotopic (exact) mass is 479 g/mol. The molecule has 0 saturated carbocycles. The summed E-state index contributed by atoms with van der Waals surface area (Å²) in [4.78, 5) is 20.5. The van der Waals surface area contributed by atoms with E-state index in [1.165, 1.54) is 16.7 Å². The lowest BCUT2D eigenvalue weighted by molar-refractivity contribution is 0.0730. The predicted octanol–water partition coefficient (Wildman–Crippen LogP) is 6.11. The van der Waals surface area contributed by atoms with Gasteiger partial charge in [-0.15, -0.1) is 0 Å². The van der Waals surface area contributed by atoms with Crippen LogP contribution in [0.5, 0.6) is 0 Å². The van der Waals surface area contributed by atoms with Crippen LogP contribution in [0.4, 0.5) is 0 Å². The van der Waals surface area contributed by atoms with Crippen molar-refractivity contribution in [2.45, 2.75) is 40.0 Å². The highest BCUT2D eigenvalue weighted by molar-refractivity contribution is 5.94. The molecule has 1 amide bonds. The van der Waals surface area contributed by atoms with Crippen molar-refractivity contribution in [1.29, 1.82) is 0 Å². The second-order valence-electron chi connectivity index (χ2n) is 9.95. The van der Waals surface area contributed by atoms with Crippen LogP contribution >= 0.6 is 0 Å². The average Bonchev–Trinajstić information content (AvgIpc) is 2.88. The van der Waals surface area contributed by atoms with Crippen LogP contribution in [0, 0.1) is 19.8 Å². The van der Waals surface area contributed by atoms with Crippen LogP contribution in [0.3, 0.4) is 0 Å². The molecule has 4 aromatic rings. The van der Waals surface area contributed by atoms with Crippen molar-refractivity contribution < 1.29 is 4.79 Å². The number of nitrogens with two attached hydrogens (primary N) is 1. The van der Waals surface area contributed by atoms with Crippen LogP contribution in [0.25, 0.3) is 10.9 Å². The molecule has 0 radical (unpaired) electrons. The van der Waals surface area contributed by atoms with Crippen molar-refractivity contribution in [3.8, 4) is 0 Å². The van der Waals surface area contributed by atoms with E-state index in [0.717, 1.165) is 47.0 Å². The summed E-state index contributed by atoms with van der Waals surface area (Å²) >= 11 is 0. The maximum Gasteiger partial charge on any atom is 0.253 e. The molecule has 0 aliphatic carbocycles. The molecule has 0 saturated heterocycles. The molecule has 3 aromatic carbocycles. The third kappa shape index (κ3) is 6.38. The molecule has 0 aliphatic heterocycles. The van der Waals surface area contributed by atoms with Crippen LogP contribution in [-0.4, -0.2) is 35.4 Å². The Morgan fingerprint density at radius 2 is 1.69 bits per heavy atom. The minimum Gasteiger partial charge on any atom is -0.338 e. The number of rotatable bonds is 10. The van der Waals surface area contributed by atoms with Gasteiger partial charge in [0.25, 0.3) is 5.91 Å². The minimum absolute atomic E-state index is 0.0781. The first kappa shape index (κ1) is 25.6. The number of pyridine rings is 1. The molecule has 0 bridgehead atoms. The lowest BCUT2D eigenvalue weighted by Crippen LogP contribution is -2.37. The number of fused-ring (bicyclic) bond motifs is 1. The number of carbonyl (C=O) groups excluding carboxylic acids is 1. The summed E-state index contributed by atoms with van der Waals surface area (Å²) in [5, 5.41) is 1.16. The van der Waals surface area contributed by atoms with E-state index >= 15 is 0 Å². The Hall–Kier alpha value is -3.50. The lowest BCUT2D eigenvalue weighted by atomic mass is 9.95. The zero-order chi connectivity index (χ0) is 25.5. The van der Waals surface area contributed by atoms with E-state index in [2.05, 4.69) is 69.3 Å². The number of aryl methyl sites for hydroxylation is 2. The number of aromatic nitrogens is 1. The molecular weight excluding hydrogens is 442 g/mol. The van der Waals surface area contributed by atoms with Crippen LogP contribution < -0.4 is 5.73 Å². The second-order valence-corrected chi connectivity index (χ2v) is 9.95. The maximum absolute atomic E-state index is 13.5. The molecule has 2 N–H and O–H groups in total. The third-order valence-electron chi connectivity index (χ3n) is 6.88. The summed E-state index contributed by atoms with van der Waals surface area (Å²) in [6.45, 7) is 8.24. The van der Waals surface area contributed by atoms with Gasteiger partial charge in [-0.2, -0.15) is 0 Å². The van der Waals surface area contributed by atoms with Crippen molar-refractivity contribution in [3.63, 3.8) is 0 Å². The summed E-state index contributed by atoms with van der Waals surface area (Å²) in [7, 11) is 0. The number of para-hydroxylation sites is 1. The molecule has 1 atom stereocenters. The molecule has 186 valence electrons. The summed E-state index contributed by atoms with van der Waals surface area (Å²) in [5.74, 6) is 0.329. The van der Waals surface area contributed by atoms with Gasteiger partial charge < -0.3 is 10.6 Å². The number of amides is 1. The van der Waals surface area contributed by atoms with E-state index in [1.54, 1.807) is 0 Å². The second kappa shape index (κ2) is 12.0. The van der Waals surface area contributed by atoms with Crippen LogP contribution in [0.2, 0.25) is 0 Å². The van der Waals surface area contributed by atoms with Gasteiger partial charge in [0.2, 0.25) is 0 Å². The summed E-state index contributed by atoms with van der Waals surface area (Å²) in [6.07, 6.45) is 2.45. The van der Waals surface area contributed by atoms with E-state index in [1.807, 2.05) is 35.2 Å². The molecule has 0 aliphatic rings. The summed E-state index contributed by atoms with van der Waals surface area (Å²) < 4.78 is 0. The molecule has 0 fully saturated rings. The van der Waals surface area contributed by atoms with Gasteiger partial charge in [-0.3, -0.25) is 9.78 Å². The Balaban J connectivity index is 1.57. The molecule has 4 rings (SSSR count). The first-order valence-electron chi connectivity index (χ1n) is 12.9. The van der Waals surface area contributed by atoms with E-state index in [9.17, 15) is 4.79 Å². The molecule has 4 nitrogen and oxygen atoms in total. The number of carbonyl (C=O) groups is 1. The fraction of sp³-hybridized carbons (Fsp3) is 0.312. The topological polar surface area (TPSA) is 59.2 Å². The zero-order valence-corrected chi connectivity index (χ0v) is 21.7. The van der Waals surface area contributed by atoms with Crippen molar-refractivity contribution in [2.24, 2.45) is 11.7 Å². The number of benzene rings is 3. The van der Waals surface area contributed by atoms with E-state index < -0.39 is 0 Å². The number of nitrogens with zero attached hydrogens (tertiary/aromatic N) is 2. The van der Waals surface area contributed by atoms with Gasteiger partial charge in [-0.25, -0.2) is 0 Å².